The molecule has 0 spiro atoms. The van der Waals surface area contributed by atoms with Gasteiger partial charge in [0.1, 0.15) is 12.4 Å². The highest BCUT2D eigenvalue weighted by atomic mass is 127. The minimum absolute atomic E-state index is 0. The average molecular weight is 490 g/mol. The highest BCUT2D eigenvalue weighted by Crippen LogP contribution is 2.11. The first-order valence-electron chi connectivity index (χ1n) is 9.79. The number of hydrogen-bond acceptors (Lipinski definition) is 4. The maximum Gasteiger partial charge on any atom is 0.191 e. The third-order valence-corrected chi connectivity index (χ3v) is 4.49. The lowest BCUT2D eigenvalue weighted by Gasteiger charge is -2.29. The molecule has 0 saturated carbocycles. The molecule has 7 heteroatoms. The summed E-state index contributed by atoms with van der Waals surface area (Å²) in [4.78, 5) is 7.05. The van der Waals surface area contributed by atoms with Crippen molar-refractivity contribution in [1.29, 1.82) is 0 Å². The van der Waals surface area contributed by atoms with Gasteiger partial charge in [0.2, 0.25) is 0 Å². The SMILES string of the molecule is CCNC(=NCCCN1CCC(O)CC1)NCCOc1ccc(C)cc1.I. The van der Waals surface area contributed by atoms with Crippen LogP contribution in [0, 0.1) is 6.92 Å². The molecule has 0 radical (unpaired) electrons. The Morgan fingerprint density at radius 3 is 2.59 bits per heavy atom. The first-order valence-corrected chi connectivity index (χ1v) is 9.79. The molecule has 1 aliphatic heterocycles. The van der Waals surface area contributed by atoms with E-state index in [4.69, 9.17) is 4.74 Å². The van der Waals surface area contributed by atoms with Crippen LogP contribution in [0.25, 0.3) is 0 Å². The van der Waals surface area contributed by atoms with Crippen LogP contribution in [0.5, 0.6) is 5.75 Å². The van der Waals surface area contributed by atoms with Gasteiger partial charge in [0.25, 0.3) is 0 Å². The molecule has 1 fully saturated rings. The van der Waals surface area contributed by atoms with Crippen LogP contribution in [0.4, 0.5) is 0 Å². The second-order valence-corrected chi connectivity index (χ2v) is 6.78. The maximum absolute atomic E-state index is 9.54. The van der Waals surface area contributed by atoms with E-state index in [-0.39, 0.29) is 30.1 Å². The number of rotatable bonds is 9. The van der Waals surface area contributed by atoms with Crippen molar-refractivity contribution in [3.8, 4) is 5.75 Å². The Balaban J connectivity index is 0.00000364. The van der Waals surface area contributed by atoms with Gasteiger partial charge in [0, 0.05) is 26.2 Å². The van der Waals surface area contributed by atoms with E-state index in [9.17, 15) is 5.11 Å². The van der Waals surface area contributed by atoms with Crippen LogP contribution in [0.3, 0.4) is 0 Å². The first-order chi connectivity index (χ1) is 12.7. The smallest absolute Gasteiger partial charge is 0.191 e. The lowest BCUT2D eigenvalue weighted by atomic mass is 10.1. The van der Waals surface area contributed by atoms with Crippen LogP contribution in [0.1, 0.15) is 31.7 Å². The Morgan fingerprint density at radius 1 is 1.22 bits per heavy atom. The van der Waals surface area contributed by atoms with Crippen LogP contribution in [0.15, 0.2) is 29.3 Å². The topological polar surface area (TPSA) is 69.1 Å². The van der Waals surface area contributed by atoms with Crippen molar-refractivity contribution in [3.63, 3.8) is 0 Å². The van der Waals surface area contributed by atoms with E-state index < -0.39 is 0 Å². The zero-order valence-electron chi connectivity index (χ0n) is 16.6. The van der Waals surface area contributed by atoms with Crippen LogP contribution < -0.4 is 15.4 Å². The molecule has 154 valence electrons. The van der Waals surface area contributed by atoms with Gasteiger partial charge in [-0.1, -0.05) is 17.7 Å². The second-order valence-electron chi connectivity index (χ2n) is 6.78. The molecule has 0 amide bonds. The van der Waals surface area contributed by atoms with Crippen LogP contribution in [-0.2, 0) is 0 Å². The number of aryl methyl sites for hydroxylation is 1. The number of nitrogens with zero attached hydrogens (tertiary/aromatic N) is 2. The van der Waals surface area contributed by atoms with Gasteiger partial charge in [0.15, 0.2) is 5.96 Å². The predicted octanol–water partition coefficient (Wildman–Crippen LogP) is 2.39. The Bertz CT molecular complexity index is 531. The van der Waals surface area contributed by atoms with E-state index >= 15 is 0 Å². The molecule has 3 N–H and O–H groups in total. The number of aliphatic imine (C=N–C) groups is 1. The van der Waals surface area contributed by atoms with Gasteiger partial charge in [-0.25, -0.2) is 0 Å². The lowest BCUT2D eigenvalue weighted by Crippen LogP contribution is -2.39. The van der Waals surface area contributed by atoms with Crippen LogP contribution >= 0.6 is 24.0 Å². The quantitative estimate of drug-likeness (QED) is 0.215. The van der Waals surface area contributed by atoms with E-state index in [0.29, 0.717) is 13.2 Å². The molecule has 1 aromatic carbocycles. The van der Waals surface area contributed by atoms with Gasteiger partial charge in [-0.15, -0.1) is 24.0 Å². The third-order valence-electron chi connectivity index (χ3n) is 4.49. The van der Waals surface area contributed by atoms with Gasteiger partial charge in [-0.2, -0.15) is 0 Å². The zero-order valence-corrected chi connectivity index (χ0v) is 18.9. The molecule has 1 saturated heterocycles. The average Bonchev–Trinajstić information content (AvgIpc) is 2.65. The normalized spacial score (nSPS) is 15.9. The highest BCUT2D eigenvalue weighted by Gasteiger charge is 2.15. The minimum Gasteiger partial charge on any atom is -0.492 e. The molecule has 2 rings (SSSR count). The molecule has 1 aromatic rings. The number of piperidine rings is 1. The number of halogens is 1. The standard InChI is InChI=1S/C20H34N4O2.HI/c1-3-21-20(22-11-4-13-24-14-9-18(25)10-15-24)23-12-16-26-19-7-5-17(2)6-8-19;/h5-8,18,25H,3-4,9-16H2,1-2H3,(H2,21,22,23);1H. The summed E-state index contributed by atoms with van der Waals surface area (Å²) in [5, 5.41) is 16.1. The summed E-state index contributed by atoms with van der Waals surface area (Å²) in [6.45, 7) is 10.1. The Kier molecular flexibility index (Phi) is 12.4. The zero-order chi connectivity index (χ0) is 18.6. The first kappa shape index (κ1) is 24.0. The summed E-state index contributed by atoms with van der Waals surface area (Å²) in [6.07, 6.45) is 2.73. The number of guanidine groups is 1. The Hall–Kier alpha value is -1.06. The molecular formula is C20H35IN4O2. The summed E-state index contributed by atoms with van der Waals surface area (Å²) >= 11 is 0. The van der Waals surface area contributed by atoms with Gasteiger partial charge < -0.3 is 25.4 Å². The van der Waals surface area contributed by atoms with E-state index in [2.05, 4.69) is 46.5 Å². The molecule has 1 heterocycles. The van der Waals surface area contributed by atoms with E-state index in [1.807, 2.05) is 12.1 Å². The number of benzene rings is 1. The van der Waals surface area contributed by atoms with E-state index in [1.54, 1.807) is 0 Å². The van der Waals surface area contributed by atoms with Crippen LogP contribution in [0.2, 0.25) is 0 Å². The van der Waals surface area contributed by atoms with Gasteiger partial charge >= 0.3 is 0 Å². The van der Waals surface area contributed by atoms with Gasteiger partial charge in [-0.3, -0.25) is 4.99 Å². The van der Waals surface area contributed by atoms with Crippen molar-refractivity contribution < 1.29 is 9.84 Å². The van der Waals surface area contributed by atoms with Gasteiger partial charge in [-0.05, 0) is 51.8 Å². The summed E-state index contributed by atoms with van der Waals surface area (Å²) in [6, 6.07) is 8.09. The Labute approximate surface area is 180 Å². The molecule has 0 atom stereocenters. The fourth-order valence-corrected chi connectivity index (χ4v) is 2.94. The molecule has 0 bridgehead atoms. The molecule has 0 aromatic heterocycles. The summed E-state index contributed by atoms with van der Waals surface area (Å²) < 4.78 is 5.73. The van der Waals surface area contributed by atoms with Crippen molar-refractivity contribution in [1.82, 2.24) is 15.5 Å². The maximum atomic E-state index is 9.54. The number of nitrogens with one attached hydrogen (secondary N) is 2. The number of likely N-dealkylation sites (tertiary alicyclic amines) is 1. The van der Waals surface area contributed by atoms with Gasteiger partial charge in [0.05, 0.1) is 12.6 Å². The molecule has 27 heavy (non-hydrogen) atoms. The number of ether oxygens (including phenoxy) is 1. The van der Waals surface area contributed by atoms with E-state index in [0.717, 1.165) is 63.7 Å². The van der Waals surface area contributed by atoms with Crippen molar-refractivity contribution >= 4 is 29.9 Å². The number of aliphatic hydroxyl groups is 1. The fraction of sp³-hybridized carbons (Fsp3) is 0.650. The molecule has 0 aliphatic carbocycles. The summed E-state index contributed by atoms with van der Waals surface area (Å²) in [5.41, 5.74) is 1.23. The summed E-state index contributed by atoms with van der Waals surface area (Å²) in [5.74, 6) is 1.74. The number of hydrogen-bond donors (Lipinski definition) is 3. The Morgan fingerprint density at radius 2 is 1.93 bits per heavy atom. The minimum atomic E-state index is -0.101. The van der Waals surface area contributed by atoms with Crippen molar-refractivity contribution in [2.75, 3.05) is 45.9 Å². The van der Waals surface area contributed by atoms with Crippen LogP contribution in [-0.4, -0.2) is 67.9 Å². The number of aliphatic hydroxyl groups excluding tert-OH is 1. The van der Waals surface area contributed by atoms with Crippen molar-refractivity contribution in [2.24, 2.45) is 4.99 Å². The lowest BCUT2D eigenvalue weighted by molar-refractivity contribution is 0.0824. The third kappa shape index (κ3) is 10.2. The summed E-state index contributed by atoms with van der Waals surface area (Å²) in [7, 11) is 0. The predicted molar refractivity (Wildman–Crippen MR) is 122 cm³/mol. The molecule has 6 nitrogen and oxygen atoms in total. The highest BCUT2D eigenvalue weighted by molar-refractivity contribution is 14.0. The van der Waals surface area contributed by atoms with Crippen molar-refractivity contribution in [2.45, 2.75) is 39.2 Å². The van der Waals surface area contributed by atoms with E-state index in [1.165, 1.54) is 5.56 Å². The monoisotopic (exact) mass is 490 g/mol. The van der Waals surface area contributed by atoms with Crippen molar-refractivity contribution in [3.05, 3.63) is 29.8 Å². The molecule has 1 aliphatic rings. The molecular weight excluding hydrogens is 455 g/mol. The molecule has 0 unspecified atom stereocenters. The fourth-order valence-electron chi connectivity index (χ4n) is 2.94. The second kappa shape index (κ2) is 14.0. The largest absolute Gasteiger partial charge is 0.492 e.